The molecule has 0 unspecified atom stereocenters. The van der Waals surface area contributed by atoms with Gasteiger partial charge < -0.3 is 5.32 Å². The number of pyridine rings is 1. The number of ketones is 1. The molecule has 0 spiro atoms. The molecule has 0 radical (unpaired) electrons. The van der Waals surface area contributed by atoms with E-state index in [0.717, 1.165) is 18.0 Å². The van der Waals surface area contributed by atoms with Gasteiger partial charge in [0.15, 0.2) is 5.78 Å². The van der Waals surface area contributed by atoms with Gasteiger partial charge in [0.1, 0.15) is 34.5 Å². The number of hydrogen-bond acceptors (Lipinski definition) is 4. The summed E-state index contributed by atoms with van der Waals surface area (Å²) in [6.45, 7) is 1.50. The number of carbonyl (C=O) groups is 2. The Labute approximate surface area is 154 Å². The van der Waals surface area contributed by atoms with E-state index < -0.39 is 28.9 Å². The Bertz CT molecular complexity index is 859. The first kappa shape index (κ1) is 19.0. The van der Waals surface area contributed by atoms with E-state index in [1.807, 2.05) is 0 Å². The normalized spacial score (nSPS) is 14.8. The molecule has 1 N–H and O–H groups in total. The zero-order chi connectivity index (χ0) is 19.6. The third-order valence-electron chi connectivity index (χ3n) is 4.57. The highest BCUT2D eigenvalue weighted by Gasteiger charge is 2.26. The van der Waals surface area contributed by atoms with E-state index in [9.17, 15) is 22.8 Å². The van der Waals surface area contributed by atoms with E-state index in [-0.39, 0.29) is 23.2 Å². The summed E-state index contributed by atoms with van der Waals surface area (Å²) in [5.74, 6) is -4.94. The molecule has 2 heterocycles. The van der Waals surface area contributed by atoms with Crippen LogP contribution in [0.15, 0.2) is 30.3 Å². The first-order chi connectivity index (χ1) is 12.9. The van der Waals surface area contributed by atoms with Gasteiger partial charge in [0.25, 0.3) is 5.91 Å². The van der Waals surface area contributed by atoms with Gasteiger partial charge in [0, 0.05) is 25.1 Å². The summed E-state index contributed by atoms with van der Waals surface area (Å²) >= 11 is 0. The lowest BCUT2D eigenvalue weighted by atomic mass is 9.92. The summed E-state index contributed by atoms with van der Waals surface area (Å²) in [5, 5.41) is 3.18. The molecule has 0 atom stereocenters. The third-order valence-corrected chi connectivity index (χ3v) is 4.57. The standard InChI is InChI=1S/C19H18F3N3O2/c1-25(19(27)17-13(21)9-12(20)10-14(17)22)16-4-2-3-15(24-16)18(26)11-5-7-23-8-6-11/h2-4,9-11,23H,5-8H2,1H3. The van der Waals surface area contributed by atoms with Crippen LogP contribution in [-0.4, -0.2) is 36.8 Å². The fourth-order valence-corrected chi connectivity index (χ4v) is 3.06. The number of amides is 1. The van der Waals surface area contributed by atoms with E-state index in [4.69, 9.17) is 0 Å². The van der Waals surface area contributed by atoms with Crippen LogP contribution < -0.4 is 10.2 Å². The second-order valence-corrected chi connectivity index (χ2v) is 6.38. The van der Waals surface area contributed by atoms with E-state index in [2.05, 4.69) is 10.3 Å². The zero-order valence-corrected chi connectivity index (χ0v) is 14.6. The highest BCUT2D eigenvalue weighted by molar-refractivity contribution is 6.06. The Morgan fingerprint density at radius 1 is 1.11 bits per heavy atom. The fourth-order valence-electron chi connectivity index (χ4n) is 3.06. The van der Waals surface area contributed by atoms with Crippen molar-refractivity contribution in [1.82, 2.24) is 10.3 Å². The van der Waals surface area contributed by atoms with Gasteiger partial charge in [-0.3, -0.25) is 14.5 Å². The smallest absolute Gasteiger partial charge is 0.265 e. The molecular formula is C19H18F3N3O2. The Balaban J connectivity index is 1.86. The minimum absolute atomic E-state index is 0.0721. The van der Waals surface area contributed by atoms with E-state index in [1.165, 1.54) is 13.1 Å². The van der Waals surface area contributed by atoms with Crippen molar-refractivity contribution in [1.29, 1.82) is 0 Å². The SMILES string of the molecule is CN(C(=O)c1c(F)cc(F)cc1F)c1cccc(C(=O)C2CCNCC2)n1. The van der Waals surface area contributed by atoms with Gasteiger partial charge in [0.2, 0.25) is 0 Å². The van der Waals surface area contributed by atoms with Crippen LogP contribution in [0.3, 0.4) is 0 Å². The molecule has 5 nitrogen and oxygen atoms in total. The molecule has 0 bridgehead atoms. The Kier molecular flexibility index (Phi) is 5.55. The van der Waals surface area contributed by atoms with Crippen LogP contribution in [0, 0.1) is 23.4 Å². The minimum Gasteiger partial charge on any atom is -0.317 e. The van der Waals surface area contributed by atoms with Crippen LogP contribution in [0.25, 0.3) is 0 Å². The molecule has 8 heteroatoms. The largest absolute Gasteiger partial charge is 0.317 e. The number of Topliss-reactive ketones (excluding diaryl/α,β-unsaturated/α-hetero) is 1. The maximum absolute atomic E-state index is 13.9. The quantitative estimate of drug-likeness (QED) is 0.833. The average molecular weight is 377 g/mol. The van der Waals surface area contributed by atoms with Crippen molar-refractivity contribution in [3.05, 3.63) is 59.0 Å². The fraction of sp³-hybridized carbons (Fsp3) is 0.316. The second-order valence-electron chi connectivity index (χ2n) is 6.38. The minimum atomic E-state index is -1.30. The van der Waals surface area contributed by atoms with Gasteiger partial charge in [-0.25, -0.2) is 18.2 Å². The molecule has 27 heavy (non-hydrogen) atoms. The summed E-state index contributed by atoms with van der Waals surface area (Å²) in [6, 6.07) is 5.43. The van der Waals surface area contributed by atoms with Gasteiger partial charge in [-0.05, 0) is 38.1 Å². The van der Waals surface area contributed by atoms with Crippen molar-refractivity contribution in [3.8, 4) is 0 Å². The van der Waals surface area contributed by atoms with E-state index in [0.29, 0.717) is 25.0 Å². The molecule has 3 rings (SSSR count). The maximum atomic E-state index is 13.9. The molecule has 1 aliphatic heterocycles. The Morgan fingerprint density at radius 2 is 1.74 bits per heavy atom. The molecule has 1 saturated heterocycles. The number of carbonyl (C=O) groups excluding carboxylic acids is 2. The van der Waals surface area contributed by atoms with Crippen LogP contribution >= 0.6 is 0 Å². The molecule has 142 valence electrons. The van der Waals surface area contributed by atoms with Crippen LogP contribution in [0.2, 0.25) is 0 Å². The first-order valence-corrected chi connectivity index (χ1v) is 8.53. The van der Waals surface area contributed by atoms with Gasteiger partial charge in [-0.1, -0.05) is 6.07 Å². The van der Waals surface area contributed by atoms with Gasteiger partial charge in [-0.2, -0.15) is 0 Å². The van der Waals surface area contributed by atoms with Crippen LogP contribution in [0.1, 0.15) is 33.7 Å². The summed E-state index contributed by atoms with van der Waals surface area (Å²) in [5.41, 5.74) is -0.685. The first-order valence-electron chi connectivity index (χ1n) is 8.53. The highest BCUT2D eigenvalue weighted by atomic mass is 19.1. The number of nitrogens with zero attached hydrogens (tertiary/aromatic N) is 2. The summed E-state index contributed by atoms with van der Waals surface area (Å²) < 4.78 is 40.8. The Morgan fingerprint density at radius 3 is 2.37 bits per heavy atom. The third kappa shape index (κ3) is 4.00. The monoisotopic (exact) mass is 377 g/mol. The number of hydrogen-bond donors (Lipinski definition) is 1. The molecule has 0 aliphatic carbocycles. The number of aromatic nitrogens is 1. The highest BCUT2D eigenvalue weighted by Crippen LogP contribution is 2.22. The van der Waals surface area contributed by atoms with Crippen molar-refractivity contribution in [2.24, 2.45) is 5.92 Å². The summed E-state index contributed by atoms with van der Waals surface area (Å²) in [4.78, 5) is 30.2. The van der Waals surface area contributed by atoms with Crippen molar-refractivity contribution in [2.75, 3.05) is 25.0 Å². The summed E-state index contributed by atoms with van der Waals surface area (Å²) in [6.07, 6.45) is 1.40. The van der Waals surface area contributed by atoms with Gasteiger partial charge in [-0.15, -0.1) is 0 Å². The number of anilines is 1. The van der Waals surface area contributed by atoms with Crippen LogP contribution in [0.5, 0.6) is 0 Å². The predicted octanol–water partition coefficient (Wildman–Crippen LogP) is 2.96. The van der Waals surface area contributed by atoms with Crippen molar-refractivity contribution < 1.29 is 22.8 Å². The number of rotatable bonds is 4. The number of piperidine rings is 1. The van der Waals surface area contributed by atoms with E-state index in [1.54, 1.807) is 12.1 Å². The average Bonchev–Trinajstić information content (AvgIpc) is 2.66. The molecule has 1 aliphatic rings. The predicted molar refractivity (Wildman–Crippen MR) is 93.2 cm³/mol. The van der Waals surface area contributed by atoms with E-state index >= 15 is 0 Å². The molecule has 1 amide bonds. The summed E-state index contributed by atoms with van der Waals surface area (Å²) in [7, 11) is 1.28. The zero-order valence-electron chi connectivity index (χ0n) is 14.6. The molecule has 2 aromatic rings. The molecule has 0 saturated carbocycles. The second kappa shape index (κ2) is 7.87. The maximum Gasteiger partial charge on any atom is 0.265 e. The lowest BCUT2D eigenvalue weighted by Gasteiger charge is -2.22. The number of nitrogens with one attached hydrogen (secondary N) is 1. The van der Waals surface area contributed by atoms with Gasteiger partial charge >= 0.3 is 0 Å². The van der Waals surface area contributed by atoms with Crippen molar-refractivity contribution in [2.45, 2.75) is 12.8 Å². The molecule has 1 aromatic carbocycles. The number of halogens is 3. The van der Waals surface area contributed by atoms with Gasteiger partial charge in [0.05, 0.1) is 0 Å². The topological polar surface area (TPSA) is 62.3 Å². The molecule has 1 aromatic heterocycles. The number of benzene rings is 1. The van der Waals surface area contributed by atoms with Crippen LogP contribution in [0.4, 0.5) is 19.0 Å². The van der Waals surface area contributed by atoms with Crippen molar-refractivity contribution in [3.63, 3.8) is 0 Å². The molecular weight excluding hydrogens is 359 g/mol. The van der Waals surface area contributed by atoms with Crippen molar-refractivity contribution >= 4 is 17.5 Å². The lowest BCUT2D eigenvalue weighted by molar-refractivity contribution is 0.0888. The Hall–Kier alpha value is -2.74. The van der Waals surface area contributed by atoms with Crippen LogP contribution in [-0.2, 0) is 0 Å². The lowest BCUT2D eigenvalue weighted by Crippen LogP contribution is -2.33. The molecule has 1 fully saturated rings.